The number of aromatic carboxylic acids is 1. The number of carboxylic acids is 1. The van der Waals surface area contributed by atoms with Gasteiger partial charge in [0.15, 0.2) is 0 Å². The lowest BCUT2D eigenvalue weighted by molar-refractivity contribution is 0.0456. The highest BCUT2D eigenvalue weighted by molar-refractivity contribution is 7.54. The van der Waals surface area contributed by atoms with Crippen LogP contribution in [0.1, 0.15) is 86.4 Å². The van der Waals surface area contributed by atoms with Gasteiger partial charge >= 0.3 is 25.5 Å². The number of fused-ring (bicyclic) bond motifs is 3. The van der Waals surface area contributed by atoms with E-state index in [0.29, 0.717) is 67.5 Å². The van der Waals surface area contributed by atoms with Gasteiger partial charge in [-0.1, -0.05) is 66.7 Å². The van der Waals surface area contributed by atoms with E-state index in [1.807, 2.05) is 0 Å². The van der Waals surface area contributed by atoms with E-state index in [4.69, 9.17) is 34.2 Å². The largest absolute Gasteiger partial charge is 0.478 e. The van der Waals surface area contributed by atoms with Crippen LogP contribution in [0.3, 0.4) is 0 Å². The maximum atomic E-state index is 13.4. The van der Waals surface area contributed by atoms with E-state index >= 15 is 0 Å². The first-order valence-electron chi connectivity index (χ1n) is 20.0. The molecule has 15 nitrogen and oxygen atoms in total. The predicted molar refractivity (Wildman–Crippen MR) is 242 cm³/mol. The molecule has 1 atom stereocenters. The van der Waals surface area contributed by atoms with Crippen molar-refractivity contribution in [3.63, 3.8) is 0 Å². The van der Waals surface area contributed by atoms with Crippen molar-refractivity contribution < 1.29 is 60.5 Å². The van der Waals surface area contributed by atoms with Crippen LogP contribution in [0.5, 0.6) is 0 Å². The molecule has 1 unspecified atom stereocenters. The van der Waals surface area contributed by atoms with Crippen LogP contribution in [0.4, 0.5) is 13.2 Å². The molecule has 0 amide bonds. The summed E-state index contributed by atoms with van der Waals surface area (Å²) in [5.74, 6) is -4.75. The molecule has 19 heteroatoms. The lowest BCUT2D eigenvalue weighted by Crippen LogP contribution is -2.11. The van der Waals surface area contributed by atoms with E-state index in [1.54, 1.807) is 91.0 Å². The molecule has 0 saturated heterocycles. The van der Waals surface area contributed by atoms with Crippen LogP contribution in [-0.4, -0.2) is 53.7 Å². The minimum atomic E-state index is -3.44. The smallest absolute Gasteiger partial charge is 0.375 e. The second kappa shape index (κ2) is 22.1. The number of hydrogen-bond donors (Lipinski definition) is 2. The lowest BCUT2D eigenvalue weighted by Gasteiger charge is -2.19. The second-order valence-electron chi connectivity index (χ2n) is 14.4. The van der Waals surface area contributed by atoms with Crippen LogP contribution in [0, 0.1) is 40.1 Å². The van der Waals surface area contributed by atoms with E-state index in [-0.39, 0.29) is 28.7 Å². The minimum Gasteiger partial charge on any atom is -0.478 e. The van der Waals surface area contributed by atoms with Crippen LogP contribution < -0.4 is 5.56 Å². The van der Waals surface area contributed by atoms with Gasteiger partial charge in [-0.15, -0.1) is 0 Å². The van der Waals surface area contributed by atoms with Gasteiger partial charge in [0.2, 0.25) is 5.85 Å². The summed E-state index contributed by atoms with van der Waals surface area (Å²) in [6, 6.07) is 35.9. The van der Waals surface area contributed by atoms with E-state index in [2.05, 4.69) is 10.2 Å². The van der Waals surface area contributed by atoms with Crippen molar-refractivity contribution in [3.05, 3.63) is 217 Å². The number of nitrogens with zero attached hydrogens (tertiary/aromatic N) is 3. The number of carbonyl (C=O) groups is 4. The summed E-state index contributed by atoms with van der Waals surface area (Å²) in [5.41, 5.74) is 3.43. The third-order valence-electron chi connectivity index (χ3n) is 10.1. The Hall–Kier alpha value is -8.80. The number of cyclic esters (lactones) is 2. The summed E-state index contributed by atoms with van der Waals surface area (Å²) in [7, 11) is -0.916. The number of aldehydes is 1. The molecule has 0 aliphatic carbocycles. The third kappa shape index (κ3) is 11.4. The van der Waals surface area contributed by atoms with Gasteiger partial charge in [-0.2, -0.15) is 15.6 Å². The monoisotopic (exact) mass is 954 g/mol. The molecule has 3 heterocycles. The summed E-state index contributed by atoms with van der Waals surface area (Å²) in [6.45, 7) is 0. The van der Waals surface area contributed by atoms with Crippen LogP contribution in [0.25, 0.3) is 22.6 Å². The predicted octanol–water partition coefficient (Wildman–Crippen LogP) is 9.57. The van der Waals surface area contributed by atoms with Gasteiger partial charge < -0.3 is 23.6 Å². The molecule has 1 aromatic heterocycles. The maximum Gasteiger partial charge on any atom is 0.375 e. The molecule has 0 bridgehead atoms. The van der Waals surface area contributed by atoms with Gasteiger partial charge in [-0.25, -0.2) is 32.7 Å². The first-order valence-corrected chi connectivity index (χ1v) is 21.6. The second-order valence-corrected chi connectivity index (χ2v) is 16.6. The number of hydrogen-bond acceptors (Lipinski definition) is 13. The van der Waals surface area contributed by atoms with Crippen molar-refractivity contribution in [2.75, 3.05) is 14.2 Å². The van der Waals surface area contributed by atoms with E-state index in [1.165, 1.54) is 56.7 Å². The zero-order valence-electron chi connectivity index (χ0n) is 36.0. The van der Waals surface area contributed by atoms with Gasteiger partial charge in [0.25, 0.3) is 5.56 Å². The Labute approximate surface area is 389 Å². The zero-order valence-corrected chi connectivity index (χ0v) is 36.9. The Bertz CT molecular complexity index is 3370. The van der Waals surface area contributed by atoms with Crippen LogP contribution >= 0.6 is 7.60 Å². The molecule has 9 rings (SSSR count). The zero-order chi connectivity index (χ0) is 49.8. The standard InChI is InChI=1S/C16H11FN2O3.C16H8FNO2.C10H11O5P.C8H4FNO/c17-13-6-5-9(7-12(13)16(21)22)8-14-10-3-1-2-4-11(10)15(20)19-18-14;17-14-6-5-10(7-11(14)9-18)8-15-12-3-1-2-4-13(12)16(19)20-15;1-13-16(12,14-2)10-8-6-4-3-5-7(8)9(11)15-10;9-8-2-1-6(5-11)3-7(8)4-10/h1-7H,8H2,(H,19,20)(H,21,22);1-8H;3-6,10H,1-2H3;1-3,5H/b;15-8-;;. The SMILES string of the molecule is COP(=O)(OC)C1OC(=O)c2ccccc21.N#Cc1cc(/C=C2\OC(=O)c3ccccc32)ccc1F.N#Cc1cc(C=O)ccc1F.O=C(O)c1cc(Cc2n[nH]c(=O)c3ccccc23)ccc1F. The van der Waals surface area contributed by atoms with Crippen molar-refractivity contribution in [2.24, 2.45) is 0 Å². The normalized spacial score (nSPS) is 13.6. The Balaban J connectivity index is 0.000000155. The van der Waals surface area contributed by atoms with Crippen molar-refractivity contribution in [1.82, 2.24) is 10.2 Å². The summed E-state index contributed by atoms with van der Waals surface area (Å²) in [5, 5.41) is 33.7. The quantitative estimate of drug-likeness (QED) is 0.0820. The van der Waals surface area contributed by atoms with Crippen molar-refractivity contribution in [2.45, 2.75) is 12.3 Å². The summed E-state index contributed by atoms with van der Waals surface area (Å²) in [6.07, 6.45) is 2.47. The molecule has 0 radical (unpaired) electrons. The first-order chi connectivity index (χ1) is 33.1. The number of H-pyrrole nitrogens is 1. The number of carboxylic acid groups (broad SMARTS) is 1. The number of carbonyl (C=O) groups excluding carboxylic acids is 3. The van der Waals surface area contributed by atoms with Gasteiger partial charge in [0.1, 0.15) is 41.6 Å². The van der Waals surface area contributed by atoms with E-state index in [9.17, 15) is 41.7 Å². The number of nitrogens with one attached hydrogen (secondary N) is 1. The molecule has 6 aromatic carbocycles. The Morgan fingerprint density at radius 3 is 1.94 bits per heavy atom. The number of nitriles is 2. The van der Waals surface area contributed by atoms with Crippen molar-refractivity contribution >= 4 is 54.4 Å². The Kier molecular flexibility index (Phi) is 15.9. The summed E-state index contributed by atoms with van der Waals surface area (Å²) in [4.78, 5) is 56.0. The number of ether oxygens (including phenoxy) is 2. The number of aromatic nitrogens is 2. The van der Waals surface area contributed by atoms with Gasteiger partial charge in [0.05, 0.1) is 38.9 Å². The molecule has 346 valence electrons. The molecule has 2 aliphatic rings. The maximum absolute atomic E-state index is 13.4. The molecular weight excluding hydrogens is 921 g/mol. The fourth-order valence-corrected chi connectivity index (χ4v) is 8.06. The molecule has 0 saturated carbocycles. The van der Waals surface area contributed by atoms with Gasteiger partial charge in [-0.3, -0.25) is 14.2 Å². The average molecular weight is 955 g/mol. The molecule has 69 heavy (non-hydrogen) atoms. The summed E-state index contributed by atoms with van der Waals surface area (Å²) >= 11 is 0. The van der Waals surface area contributed by atoms with Crippen LogP contribution in [0.2, 0.25) is 0 Å². The highest BCUT2D eigenvalue weighted by Gasteiger charge is 2.45. The number of benzene rings is 6. The fraction of sp³-hybridized carbons (Fsp3) is 0.0800. The van der Waals surface area contributed by atoms with Crippen LogP contribution in [-0.2, 0) is 29.5 Å². The number of aromatic amines is 1. The van der Waals surface area contributed by atoms with E-state index < -0.39 is 48.8 Å². The van der Waals surface area contributed by atoms with Crippen LogP contribution in [0.15, 0.2) is 132 Å². The third-order valence-corrected chi connectivity index (χ3v) is 12.1. The van der Waals surface area contributed by atoms with Crippen molar-refractivity contribution in [3.8, 4) is 12.1 Å². The minimum absolute atomic E-state index is 0.0445. The molecule has 2 aliphatic heterocycles. The number of halogens is 3. The molecular formula is C50H34F3N4O11P. The Morgan fingerprint density at radius 1 is 0.754 bits per heavy atom. The highest BCUT2D eigenvalue weighted by Crippen LogP contribution is 2.62. The highest BCUT2D eigenvalue weighted by atomic mass is 31.2. The first kappa shape index (κ1) is 49.6. The number of rotatable bonds is 8. The average Bonchev–Trinajstić information content (AvgIpc) is 3.89. The molecule has 7 aromatic rings. The molecule has 2 N–H and O–H groups in total. The van der Waals surface area contributed by atoms with Gasteiger partial charge in [-0.05, 0) is 77.9 Å². The molecule has 0 fully saturated rings. The topological polar surface area (TPSA) is 236 Å². The molecule has 0 spiro atoms. The van der Waals surface area contributed by atoms with Crippen molar-refractivity contribution in [1.29, 1.82) is 10.5 Å². The van der Waals surface area contributed by atoms with Gasteiger partial charge in [0, 0.05) is 42.7 Å². The Morgan fingerprint density at radius 2 is 1.32 bits per heavy atom. The fourth-order valence-electron chi connectivity index (χ4n) is 6.74. The van der Waals surface area contributed by atoms with E-state index in [0.717, 1.165) is 12.1 Å². The summed E-state index contributed by atoms with van der Waals surface area (Å²) < 4.78 is 71.3. The number of esters is 2. The lowest BCUT2D eigenvalue weighted by atomic mass is 10.0.